The van der Waals surface area contributed by atoms with Gasteiger partial charge in [0.15, 0.2) is 0 Å². The maximum Gasteiger partial charge on any atom is 0.298 e. The van der Waals surface area contributed by atoms with Gasteiger partial charge in [-0.2, -0.15) is 8.78 Å². The molecule has 2 aromatic carbocycles. The van der Waals surface area contributed by atoms with Crippen LogP contribution in [-0.2, 0) is 23.5 Å². The second-order valence-corrected chi connectivity index (χ2v) is 8.75. The topological polar surface area (TPSA) is 47.0 Å². The van der Waals surface area contributed by atoms with E-state index in [0.29, 0.717) is 11.6 Å². The molecular formula is C23H23BrF3N3O. The van der Waals surface area contributed by atoms with E-state index in [4.69, 9.17) is 0 Å². The molecule has 1 aliphatic rings. The van der Waals surface area contributed by atoms with Crippen LogP contribution in [0.2, 0.25) is 0 Å². The number of methoxy groups -OCH3 is 1. The Balaban J connectivity index is 1.75. The first-order valence-corrected chi connectivity index (χ1v) is 10.9. The molecule has 164 valence electrons. The quantitative estimate of drug-likeness (QED) is 0.441. The van der Waals surface area contributed by atoms with Gasteiger partial charge in [0, 0.05) is 22.5 Å². The molecule has 0 fully saturated rings. The van der Waals surface area contributed by atoms with Gasteiger partial charge in [-0.3, -0.25) is 0 Å². The van der Waals surface area contributed by atoms with Crippen LogP contribution in [0.5, 0.6) is 0 Å². The highest BCUT2D eigenvalue weighted by Crippen LogP contribution is 2.38. The van der Waals surface area contributed by atoms with Crippen molar-refractivity contribution in [3.8, 4) is 0 Å². The zero-order valence-corrected chi connectivity index (χ0v) is 19.1. The van der Waals surface area contributed by atoms with Gasteiger partial charge in [-0.05, 0) is 56.4 Å². The number of rotatable bonds is 6. The first-order valence-electron chi connectivity index (χ1n) is 10.1. The summed E-state index contributed by atoms with van der Waals surface area (Å²) in [5, 5.41) is 4.05. The highest BCUT2D eigenvalue weighted by Gasteiger charge is 2.36. The Hall–Kier alpha value is -2.19. The zero-order valence-electron chi connectivity index (χ0n) is 17.5. The highest BCUT2D eigenvalue weighted by atomic mass is 79.9. The Kier molecular flexibility index (Phi) is 5.96. The number of halogens is 4. The van der Waals surface area contributed by atoms with Gasteiger partial charge < -0.3 is 10.1 Å². The van der Waals surface area contributed by atoms with Gasteiger partial charge in [-0.15, -0.1) is 0 Å². The van der Waals surface area contributed by atoms with Crippen molar-refractivity contribution in [1.29, 1.82) is 0 Å². The fraction of sp³-hybridized carbons (Fsp3) is 0.391. The van der Waals surface area contributed by atoms with Crippen LogP contribution in [0.4, 0.5) is 19.0 Å². The van der Waals surface area contributed by atoms with Gasteiger partial charge in [0.05, 0.1) is 17.1 Å². The number of benzene rings is 2. The van der Waals surface area contributed by atoms with E-state index in [2.05, 4.69) is 36.0 Å². The summed E-state index contributed by atoms with van der Waals surface area (Å²) in [7, 11) is 1.16. The molecular weight excluding hydrogens is 471 g/mol. The van der Waals surface area contributed by atoms with Crippen molar-refractivity contribution in [1.82, 2.24) is 9.97 Å². The lowest BCUT2D eigenvalue weighted by atomic mass is 10.00. The average Bonchev–Trinajstić information content (AvgIpc) is 3.20. The van der Waals surface area contributed by atoms with Crippen molar-refractivity contribution in [3.63, 3.8) is 0 Å². The number of hydrogen-bond donors (Lipinski definition) is 1. The zero-order chi connectivity index (χ0) is 22.3. The van der Waals surface area contributed by atoms with Crippen LogP contribution < -0.4 is 5.32 Å². The third kappa shape index (κ3) is 4.03. The summed E-state index contributed by atoms with van der Waals surface area (Å²) in [6, 6.07) is 5.41. The maximum absolute atomic E-state index is 15.1. The van der Waals surface area contributed by atoms with Gasteiger partial charge >= 0.3 is 0 Å². The number of nitrogens with one attached hydrogen (secondary N) is 1. The summed E-state index contributed by atoms with van der Waals surface area (Å²) in [6.45, 7) is 2.65. The predicted octanol–water partition coefficient (Wildman–Crippen LogP) is 6.24. The standard InChI is InChI=1S/C23H23BrF3N3O/c1-12(14-6-5-9-18(20(14)25)23(26,27)11-31-3)28-22-17-10-19(24)15-7-4-8-16(15)21(17)29-13(2)30-22/h5-6,9-10,12H,4,7-8,11H2,1-3H3,(H,28,29,30). The van der Waals surface area contributed by atoms with Gasteiger partial charge in [-0.1, -0.05) is 28.1 Å². The largest absolute Gasteiger partial charge is 0.378 e. The molecule has 1 N–H and O–H groups in total. The fourth-order valence-corrected chi connectivity index (χ4v) is 4.92. The Morgan fingerprint density at radius 2 is 1.97 bits per heavy atom. The monoisotopic (exact) mass is 493 g/mol. The number of hydrogen-bond acceptors (Lipinski definition) is 4. The SMILES string of the molecule is COCC(F)(F)c1cccc(C(C)Nc2nc(C)nc3c4c(c(Br)cc23)CCC4)c1F. The molecule has 4 rings (SSSR count). The molecule has 3 aromatic rings. The Bertz CT molecular complexity index is 1150. The summed E-state index contributed by atoms with van der Waals surface area (Å²) in [6.07, 6.45) is 3.02. The van der Waals surface area contributed by atoms with Crippen LogP contribution in [0.15, 0.2) is 28.7 Å². The number of aromatic nitrogens is 2. The summed E-state index contributed by atoms with van der Waals surface area (Å²) in [5.74, 6) is -3.21. The average molecular weight is 494 g/mol. The van der Waals surface area contributed by atoms with Gasteiger partial charge in [-0.25, -0.2) is 14.4 Å². The molecule has 0 saturated heterocycles. The Morgan fingerprint density at radius 3 is 2.71 bits per heavy atom. The van der Waals surface area contributed by atoms with E-state index >= 15 is 4.39 Å². The molecule has 0 aliphatic heterocycles. The van der Waals surface area contributed by atoms with Crippen molar-refractivity contribution in [2.24, 2.45) is 0 Å². The van der Waals surface area contributed by atoms with Crippen LogP contribution in [0, 0.1) is 12.7 Å². The van der Waals surface area contributed by atoms with Crippen LogP contribution in [-0.4, -0.2) is 23.7 Å². The summed E-state index contributed by atoms with van der Waals surface area (Å²) in [4.78, 5) is 9.18. The lowest BCUT2D eigenvalue weighted by Gasteiger charge is -2.22. The second kappa shape index (κ2) is 8.39. The first-order chi connectivity index (χ1) is 14.7. The minimum Gasteiger partial charge on any atom is -0.378 e. The van der Waals surface area contributed by atoms with E-state index in [0.717, 1.165) is 47.8 Å². The molecule has 0 bridgehead atoms. The van der Waals surface area contributed by atoms with E-state index in [9.17, 15) is 8.78 Å². The molecule has 0 spiro atoms. The van der Waals surface area contributed by atoms with Crippen LogP contribution >= 0.6 is 15.9 Å². The number of aryl methyl sites for hydroxylation is 2. The van der Waals surface area contributed by atoms with E-state index in [1.54, 1.807) is 6.92 Å². The van der Waals surface area contributed by atoms with Crippen molar-refractivity contribution >= 4 is 32.7 Å². The number of nitrogens with zero attached hydrogens (tertiary/aromatic N) is 2. The van der Waals surface area contributed by atoms with Crippen LogP contribution in [0.25, 0.3) is 10.9 Å². The van der Waals surface area contributed by atoms with E-state index < -0.39 is 30.0 Å². The maximum atomic E-state index is 15.1. The smallest absolute Gasteiger partial charge is 0.298 e. The minimum atomic E-state index is -3.42. The van der Waals surface area contributed by atoms with E-state index in [-0.39, 0.29) is 5.56 Å². The molecule has 1 unspecified atom stereocenters. The lowest BCUT2D eigenvalue weighted by molar-refractivity contribution is -0.0722. The Morgan fingerprint density at radius 1 is 1.23 bits per heavy atom. The number of ether oxygens (including phenoxy) is 1. The van der Waals surface area contributed by atoms with Crippen molar-refractivity contribution in [2.45, 2.75) is 45.1 Å². The minimum absolute atomic E-state index is 0.137. The van der Waals surface area contributed by atoms with E-state index in [1.165, 1.54) is 23.3 Å². The number of fused-ring (bicyclic) bond motifs is 3. The number of alkyl halides is 2. The Labute approximate surface area is 187 Å². The van der Waals surface area contributed by atoms with Crippen molar-refractivity contribution in [2.75, 3.05) is 19.0 Å². The van der Waals surface area contributed by atoms with Crippen molar-refractivity contribution in [3.05, 3.63) is 62.6 Å². The van der Waals surface area contributed by atoms with Crippen LogP contribution in [0.3, 0.4) is 0 Å². The van der Waals surface area contributed by atoms with Gasteiger partial charge in [0.2, 0.25) is 0 Å². The molecule has 1 heterocycles. The molecule has 4 nitrogen and oxygen atoms in total. The van der Waals surface area contributed by atoms with E-state index in [1.807, 2.05) is 13.0 Å². The summed E-state index contributed by atoms with van der Waals surface area (Å²) >= 11 is 3.65. The molecule has 0 amide bonds. The molecule has 8 heteroatoms. The molecule has 0 saturated carbocycles. The predicted molar refractivity (Wildman–Crippen MR) is 118 cm³/mol. The molecule has 1 aromatic heterocycles. The van der Waals surface area contributed by atoms with Crippen LogP contribution in [0.1, 0.15) is 47.5 Å². The summed E-state index contributed by atoms with van der Waals surface area (Å²) in [5.41, 5.74) is 2.82. The number of anilines is 1. The molecule has 31 heavy (non-hydrogen) atoms. The lowest BCUT2D eigenvalue weighted by Crippen LogP contribution is -2.23. The normalized spacial score (nSPS) is 14.7. The fourth-order valence-electron chi connectivity index (χ4n) is 4.25. The third-order valence-corrected chi connectivity index (χ3v) is 6.40. The van der Waals surface area contributed by atoms with Gasteiger partial charge in [0.25, 0.3) is 5.92 Å². The molecule has 1 atom stereocenters. The first kappa shape index (κ1) is 22.0. The molecule has 0 radical (unpaired) electrons. The molecule has 1 aliphatic carbocycles. The van der Waals surface area contributed by atoms with Crippen molar-refractivity contribution < 1.29 is 17.9 Å². The third-order valence-electron chi connectivity index (χ3n) is 5.69. The summed E-state index contributed by atoms with van der Waals surface area (Å²) < 4.78 is 49.3. The van der Waals surface area contributed by atoms with Gasteiger partial charge in [0.1, 0.15) is 24.1 Å². The second-order valence-electron chi connectivity index (χ2n) is 7.90. The highest BCUT2D eigenvalue weighted by molar-refractivity contribution is 9.10.